The molecule has 6 unspecified atom stereocenters. The fourth-order valence-electron chi connectivity index (χ4n) is 7.27. The third-order valence-corrected chi connectivity index (χ3v) is 7.61. The lowest BCUT2D eigenvalue weighted by Gasteiger charge is -2.30. The Hall–Kier alpha value is -1.36. The zero-order valence-corrected chi connectivity index (χ0v) is 12.8. The van der Waals surface area contributed by atoms with E-state index in [1.807, 2.05) is 0 Å². The molecule has 5 heteroatoms. The van der Waals surface area contributed by atoms with E-state index in [0.29, 0.717) is 36.5 Å². The van der Waals surface area contributed by atoms with Gasteiger partial charge in [-0.05, 0) is 54.4 Å². The summed E-state index contributed by atoms with van der Waals surface area (Å²) < 4.78 is 9.94. The zero-order valence-electron chi connectivity index (χ0n) is 12.8. The Balaban J connectivity index is 1.67. The van der Waals surface area contributed by atoms with Crippen molar-refractivity contribution in [3.63, 3.8) is 0 Å². The van der Waals surface area contributed by atoms with E-state index >= 15 is 0 Å². The maximum absolute atomic E-state index is 12.5. The second-order valence-corrected chi connectivity index (χ2v) is 7.76. The molecule has 118 valence electrons. The summed E-state index contributed by atoms with van der Waals surface area (Å²) in [6.07, 6.45) is 2.10. The first-order valence-corrected chi connectivity index (χ1v) is 8.07. The van der Waals surface area contributed by atoms with Crippen LogP contribution in [0.2, 0.25) is 0 Å². The summed E-state index contributed by atoms with van der Waals surface area (Å²) in [5, 5.41) is 9.88. The van der Waals surface area contributed by atoms with Gasteiger partial charge in [0.25, 0.3) is 0 Å². The number of hydrogen-bond donors (Lipinski definition) is 1. The second-order valence-electron chi connectivity index (χ2n) is 7.76. The molecule has 0 heterocycles. The van der Waals surface area contributed by atoms with E-state index in [-0.39, 0.29) is 12.0 Å². The summed E-state index contributed by atoms with van der Waals surface area (Å²) in [5.74, 6) is 2.16. The van der Waals surface area contributed by atoms with Crippen molar-refractivity contribution in [2.45, 2.75) is 19.3 Å². The number of ether oxygens (including phenoxy) is 2. The molecule has 0 aromatic carbocycles. The molecule has 0 saturated heterocycles. The van der Waals surface area contributed by atoms with Crippen molar-refractivity contribution in [2.75, 3.05) is 20.8 Å². The number of methoxy groups -OCH3 is 2. The Labute approximate surface area is 128 Å². The Kier molecular flexibility index (Phi) is 2.14. The Bertz CT molecular complexity index is 633. The average molecular weight is 304 g/mol. The molecular weight excluding hydrogens is 284 g/mol. The van der Waals surface area contributed by atoms with E-state index in [2.05, 4.69) is 0 Å². The second kappa shape index (κ2) is 3.58. The molecule has 5 saturated carbocycles. The number of rotatable bonds is 3. The quantitative estimate of drug-likeness (QED) is 0.477. The van der Waals surface area contributed by atoms with Crippen LogP contribution in [-0.2, 0) is 19.1 Å². The van der Waals surface area contributed by atoms with E-state index in [4.69, 9.17) is 9.47 Å². The van der Waals surface area contributed by atoms with Gasteiger partial charge in [-0.15, -0.1) is 0 Å². The van der Waals surface area contributed by atoms with Crippen molar-refractivity contribution in [3.05, 3.63) is 11.1 Å². The van der Waals surface area contributed by atoms with Crippen LogP contribution < -0.4 is 0 Å². The van der Waals surface area contributed by atoms with Gasteiger partial charge in [-0.2, -0.15) is 0 Å². The Morgan fingerprint density at radius 2 is 1.95 bits per heavy atom. The summed E-state index contributed by atoms with van der Waals surface area (Å²) in [7, 11) is 2.66. The number of carbonyl (C=O) groups excluding carboxylic acids is 2. The number of aliphatic hydroxyl groups excluding tert-OH is 1. The van der Waals surface area contributed by atoms with Gasteiger partial charge in [-0.1, -0.05) is 5.57 Å². The lowest BCUT2D eigenvalue weighted by atomic mass is 9.73. The zero-order chi connectivity index (χ0) is 15.4. The largest absolute Gasteiger partial charge is 0.468 e. The van der Waals surface area contributed by atoms with Crippen LogP contribution in [0, 0.1) is 40.4 Å². The number of allylic oxidation sites excluding steroid dienone is 1. The molecule has 0 aliphatic heterocycles. The highest BCUT2D eigenvalue weighted by Gasteiger charge is 2.87. The predicted molar refractivity (Wildman–Crippen MR) is 74.3 cm³/mol. The molecule has 0 aromatic rings. The Morgan fingerprint density at radius 1 is 1.27 bits per heavy atom. The van der Waals surface area contributed by atoms with Gasteiger partial charge in [-0.25, -0.2) is 0 Å². The van der Waals surface area contributed by atoms with Gasteiger partial charge >= 0.3 is 11.9 Å². The molecule has 6 atom stereocenters. The smallest absolute Gasteiger partial charge is 0.323 e. The van der Waals surface area contributed by atoms with E-state index in [1.165, 1.54) is 26.2 Å². The van der Waals surface area contributed by atoms with Gasteiger partial charge in [0.1, 0.15) is 0 Å². The highest BCUT2D eigenvalue weighted by atomic mass is 16.5. The number of aliphatic hydroxyl groups is 1. The SMILES string of the molecule is COC(=O)C1(C(=O)OC)CC2=C(CO)C3C4C5CC3C2(C1)C54. The van der Waals surface area contributed by atoms with E-state index < -0.39 is 17.4 Å². The van der Waals surface area contributed by atoms with E-state index in [1.54, 1.807) is 0 Å². The lowest BCUT2D eigenvalue weighted by Crippen LogP contribution is -2.41. The van der Waals surface area contributed by atoms with Crippen molar-refractivity contribution < 1.29 is 24.2 Å². The normalized spacial score (nSPS) is 47.7. The maximum atomic E-state index is 12.5. The monoisotopic (exact) mass is 304 g/mol. The van der Waals surface area contributed by atoms with E-state index in [9.17, 15) is 14.7 Å². The molecule has 6 rings (SSSR count). The summed E-state index contributed by atoms with van der Waals surface area (Å²) in [6, 6.07) is 0. The Morgan fingerprint density at radius 3 is 2.50 bits per heavy atom. The average Bonchev–Trinajstić information content (AvgIpc) is 2.91. The molecule has 6 aliphatic carbocycles. The first-order chi connectivity index (χ1) is 10.6. The summed E-state index contributed by atoms with van der Waals surface area (Å²) in [4.78, 5) is 24.9. The molecule has 6 bridgehead atoms. The van der Waals surface area contributed by atoms with Gasteiger partial charge in [-0.3, -0.25) is 9.59 Å². The molecule has 6 aliphatic rings. The molecular formula is C17H20O5. The van der Waals surface area contributed by atoms with Gasteiger partial charge in [0.2, 0.25) is 0 Å². The molecule has 5 fully saturated rings. The van der Waals surface area contributed by atoms with Crippen molar-refractivity contribution in [2.24, 2.45) is 40.4 Å². The van der Waals surface area contributed by atoms with Crippen molar-refractivity contribution in [1.82, 2.24) is 0 Å². The van der Waals surface area contributed by atoms with Gasteiger partial charge in [0.05, 0.1) is 20.8 Å². The molecule has 0 aromatic heterocycles. The predicted octanol–water partition coefficient (Wildman–Crippen LogP) is 0.913. The van der Waals surface area contributed by atoms with Gasteiger partial charge < -0.3 is 14.6 Å². The minimum atomic E-state index is -1.20. The molecule has 1 N–H and O–H groups in total. The molecule has 22 heavy (non-hydrogen) atoms. The highest BCUT2D eigenvalue weighted by molar-refractivity contribution is 6.01. The molecule has 0 amide bonds. The van der Waals surface area contributed by atoms with Crippen molar-refractivity contribution in [3.8, 4) is 0 Å². The topological polar surface area (TPSA) is 72.8 Å². The number of hydrogen-bond acceptors (Lipinski definition) is 5. The molecule has 1 spiro atoms. The summed E-state index contributed by atoms with van der Waals surface area (Å²) >= 11 is 0. The van der Waals surface area contributed by atoms with Crippen LogP contribution in [-0.4, -0.2) is 37.9 Å². The van der Waals surface area contributed by atoms with Gasteiger partial charge in [0.15, 0.2) is 5.41 Å². The third-order valence-electron chi connectivity index (χ3n) is 7.61. The summed E-state index contributed by atoms with van der Waals surface area (Å²) in [6.45, 7) is 0.0621. The fourth-order valence-corrected chi connectivity index (χ4v) is 7.27. The number of carbonyl (C=O) groups is 2. The van der Waals surface area contributed by atoms with Gasteiger partial charge in [0, 0.05) is 5.41 Å². The van der Waals surface area contributed by atoms with Crippen LogP contribution in [0.4, 0.5) is 0 Å². The molecule has 0 radical (unpaired) electrons. The van der Waals surface area contributed by atoms with Crippen LogP contribution in [0.25, 0.3) is 0 Å². The van der Waals surface area contributed by atoms with E-state index in [0.717, 1.165) is 11.5 Å². The van der Waals surface area contributed by atoms with Crippen molar-refractivity contribution >= 4 is 11.9 Å². The first kappa shape index (κ1) is 13.1. The summed E-state index contributed by atoms with van der Waals surface area (Å²) in [5.41, 5.74) is 1.10. The lowest BCUT2D eigenvalue weighted by molar-refractivity contribution is -0.169. The van der Waals surface area contributed by atoms with Crippen LogP contribution in [0.3, 0.4) is 0 Å². The van der Waals surface area contributed by atoms with Crippen LogP contribution in [0.5, 0.6) is 0 Å². The standard InChI is InChI=1S/C17H20O5/c1-21-14(19)16(15(20)22-2)4-10-8(5-18)11-9-3-7-12(11)13(7)17(9,10)6-16/h7,9,11-13,18H,3-6H2,1-2H3. The van der Waals surface area contributed by atoms with Crippen LogP contribution >= 0.6 is 0 Å². The minimum Gasteiger partial charge on any atom is -0.468 e. The number of esters is 2. The third kappa shape index (κ3) is 1.01. The first-order valence-electron chi connectivity index (χ1n) is 8.07. The highest BCUT2D eigenvalue weighted by Crippen LogP contribution is 2.90. The van der Waals surface area contributed by atoms with Crippen LogP contribution in [0.1, 0.15) is 19.3 Å². The minimum absolute atomic E-state index is 0.0273. The fraction of sp³-hybridized carbons (Fsp3) is 0.765. The maximum Gasteiger partial charge on any atom is 0.323 e. The molecule has 5 nitrogen and oxygen atoms in total. The van der Waals surface area contributed by atoms with Crippen molar-refractivity contribution in [1.29, 1.82) is 0 Å². The van der Waals surface area contributed by atoms with Crippen LogP contribution in [0.15, 0.2) is 11.1 Å².